The van der Waals surface area contributed by atoms with Gasteiger partial charge in [0.15, 0.2) is 5.78 Å². The fourth-order valence-electron chi connectivity index (χ4n) is 0.944. The first-order chi connectivity index (χ1) is 6.74. The summed E-state index contributed by atoms with van der Waals surface area (Å²) in [5.74, 6) is -0.114. The average molecular weight is 192 g/mol. The van der Waals surface area contributed by atoms with E-state index in [1.807, 2.05) is 0 Å². The van der Waals surface area contributed by atoms with E-state index in [0.29, 0.717) is 12.1 Å². The molecule has 0 saturated heterocycles. The topological polar surface area (TPSA) is 62.0 Å². The van der Waals surface area contributed by atoms with Crippen molar-refractivity contribution in [3.63, 3.8) is 0 Å². The molecule has 74 valence electrons. The maximum absolute atomic E-state index is 11.4. The summed E-state index contributed by atoms with van der Waals surface area (Å²) in [5, 5.41) is 2.89. The molecule has 0 aliphatic carbocycles. The van der Waals surface area contributed by atoms with Crippen LogP contribution in [0.15, 0.2) is 35.3 Å². The van der Waals surface area contributed by atoms with E-state index in [9.17, 15) is 9.59 Å². The third-order valence-corrected chi connectivity index (χ3v) is 1.66. The fourth-order valence-corrected chi connectivity index (χ4v) is 0.944. The average Bonchev–Trinajstić information content (AvgIpc) is 2.19. The van der Waals surface area contributed by atoms with Crippen molar-refractivity contribution in [1.29, 1.82) is 0 Å². The summed E-state index contributed by atoms with van der Waals surface area (Å²) in [4.78, 5) is 24.5. The maximum Gasteiger partial charge on any atom is 0.247 e. The van der Waals surface area contributed by atoms with E-state index in [2.05, 4.69) is 10.3 Å². The Kier molecular flexibility index (Phi) is 3.82. The van der Waals surface area contributed by atoms with Crippen molar-refractivity contribution in [2.24, 2.45) is 0 Å². The molecule has 0 aliphatic heterocycles. The van der Waals surface area contributed by atoms with Gasteiger partial charge in [0, 0.05) is 24.4 Å². The van der Waals surface area contributed by atoms with Gasteiger partial charge in [-0.15, -0.1) is 0 Å². The number of pyridine rings is 1. The standard InChI is InChI=1S/C10H12N2O2/c1-11-6-2-3-9(13)8-4-5-10(14)12-7-8/h2-5,7,11H,6H2,1H3,(H,12,14)/b3-2+. The number of nitrogens with one attached hydrogen (secondary N) is 2. The zero-order valence-corrected chi connectivity index (χ0v) is 7.91. The molecule has 1 aromatic rings. The van der Waals surface area contributed by atoms with Gasteiger partial charge in [-0.1, -0.05) is 6.08 Å². The van der Waals surface area contributed by atoms with Gasteiger partial charge in [-0.3, -0.25) is 9.59 Å². The van der Waals surface area contributed by atoms with Crippen LogP contribution in [-0.2, 0) is 0 Å². The molecule has 2 N–H and O–H groups in total. The van der Waals surface area contributed by atoms with E-state index < -0.39 is 0 Å². The molecule has 0 unspecified atom stereocenters. The Labute approximate surface area is 81.7 Å². The van der Waals surface area contributed by atoms with Crippen molar-refractivity contribution >= 4 is 5.78 Å². The lowest BCUT2D eigenvalue weighted by Gasteiger charge is -1.93. The molecule has 0 amide bonds. The molecule has 0 atom stereocenters. The second-order valence-corrected chi connectivity index (χ2v) is 2.77. The molecule has 0 bridgehead atoms. The van der Waals surface area contributed by atoms with Crippen LogP contribution in [0.3, 0.4) is 0 Å². The third-order valence-electron chi connectivity index (χ3n) is 1.66. The summed E-state index contributed by atoms with van der Waals surface area (Å²) < 4.78 is 0. The number of H-pyrrole nitrogens is 1. The molecule has 0 aliphatic rings. The number of ketones is 1. The van der Waals surface area contributed by atoms with Crippen LogP contribution in [0, 0.1) is 0 Å². The highest BCUT2D eigenvalue weighted by molar-refractivity contribution is 6.04. The number of likely N-dealkylation sites (N-methyl/N-ethyl adjacent to an activating group) is 1. The van der Waals surface area contributed by atoms with E-state index in [1.54, 1.807) is 13.1 Å². The van der Waals surface area contributed by atoms with E-state index >= 15 is 0 Å². The predicted octanol–water partition coefficient (Wildman–Crippen LogP) is 0.333. The number of carbonyl (C=O) groups excluding carboxylic acids is 1. The van der Waals surface area contributed by atoms with Gasteiger partial charge in [0.2, 0.25) is 5.56 Å². The number of aromatic amines is 1. The van der Waals surface area contributed by atoms with Gasteiger partial charge in [0.05, 0.1) is 0 Å². The molecule has 0 spiro atoms. The number of rotatable bonds is 4. The van der Waals surface area contributed by atoms with Gasteiger partial charge in [-0.05, 0) is 19.2 Å². The Morgan fingerprint density at radius 3 is 2.93 bits per heavy atom. The van der Waals surface area contributed by atoms with Crippen LogP contribution in [0.25, 0.3) is 0 Å². The smallest absolute Gasteiger partial charge is 0.247 e. The zero-order chi connectivity index (χ0) is 10.4. The molecule has 1 aromatic heterocycles. The van der Waals surface area contributed by atoms with Gasteiger partial charge in [0.1, 0.15) is 0 Å². The molecule has 1 heterocycles. The van der Waals surface area contributed by atoms with E-state index in [-0.39, 0.29) is 11.3 Å². The second kappa shape index (κ2) is 5.14. The fraction of sp³-hybridized carbons (Fsp3) is 0.200. The Hall–Kier alpha value is -1.68. The summed E-state index contributed by atoms with van der Waals surface area (Å²) in [5.41, 5.74) is 0.276. The Morgan fingerprint density at radius 1 is 1.57 bits per heavy atom. The third kappa shape index (κ3) is 2.99. The molecule has 0 fully saturated rings. The van der Waals surface area contributed by atoms with E-state index in [0.717, 1.165) is 0 Å². The number of hydrogen-bond donors (Lipinski definition) is 2. The van der Waals surface area contributed by atoms with Crippen molar-refractivity contribution in [3.05, 3.63) is 46.4 Å². The highest BCUT2D eigenvalue weighted by Crippen LogP contribution is 1.96. The molecule has 14 heavy (non-hydrogen) atoms. The zero-order valence-electron chi connectivity index (χ0n) is 7.91. The van der Waals surface area contributed by atoms with Crippen molar-refractivity contribution < 1.29 is 4.79 Å². The lowest BCUT2D eigenvalue weighted by Crippen LogP contribution is -2.07. The molecular formula is C10H12N2O2. The minimum Gasteiger partial charge on any atom is -0.328 e. The van der Waals surface area contributed by atoms with Gasteiger partial charge in [-0.2, -0.15) is 0 Å². The molecule has 4 heteroatoms. The first-order valence-electron chi connectivity index (χ1n) is 4.28. The molecule has 0 saturated carbocycles. The number of aromatic nitrogens is 1. The Morgan fingerprint density at radius 2 is 2.36 bits per heavy atom. The SMILES string of the molecule is CNC/C=C/C(=O)c1ccc(=O)[nH]c1. The van der Waals surface area contributed by atoms with Gasteiger partial charge in [-0.25, -0.2) is 0 Å². The summed E-state index contributed by atoms with van der Waals surface area (Å²) in [6.07, 6.45) is 4.62. The Bertz CT molecular complexity index is 373. The summed E-state index contributed by atoms with van der Waals surface area (Å²) in [7, 11) is 1.80. The molecule has 1 rings (SSSR count). The number of hydrogen-bond acceptors (Lipinski definition) is 3. The van der Waals surface area contributed by atoms with Crippen LogP contribution in [0.2, 0.25) is 0 Å². The minimum atomic E-state index is -0.208. The molecular weight excluding hydrogens is 180 g/mol. The highest BCUT2D eigenvalue weighted by Gasteiger charge is 1.99. The van der Waals surface area contributed by atoms with Crippen molar-refractivity contribution in [3.8, 4) is 0 Å². The van der Waals surface area contributed by atoms with Crippen LogP contribution in [0.1, 0.15) is 10.4 Å². The van der Waals surface area contributed by atoms with Gasteiger partial charge in [0.25, 0.3) is 0 Å². The number of carbonyl (C=O) groups is 1. The van der Waals surface area contributed by atoms with Crippen LogP contribution < -0.4 is 10.9 Å². The Balaban J connectivity index is 2.70. The molecule has 0 radical (unpaired) electrons. The summed E-state index contributed by atoms with van der Waals surface area (Å²) in [6.45, 7) is 0.648. The normalized spacial score (nSPS) is 10.6. The van der Waals surface area contributed by atoms with Crippen molar-refractivity contribution in [2.45, 2.75) is 0 Å². The first-order valence-corrected chi connectivity index (χ1v) is 4.28. The monoisotopic (exact) mass is 192 g/mol. The van der Waals surface area contributed by atoms with Crippen LogP contribution >= 0.6 is 0 Å². The van der Waals surface area contributed by atoms with Gasteiger partial charge < -0.3 is 10.3 Å². The molecule has 4 nitrogen and oxygen atoms in total. The lowest BCUT2D eigenvalue weighted by molar-refractivity contribution is 0.104. The second-order valence-electron chi connectivity index (χ2n) is 2.77. The van der Waals surface area contributed by atoms with Crippen LogP contribution in [-0.4, -0.2) is 24.4 Å². The summed E-state index contributed by atoms with van der Waals surface area (Å²) in [6, 6.07) is 2.84. The number of allylic oxidation sites excluding steroid dienone is 1. The molecule has 0 aromatic carbocycles. The highest BCUT2D eigenvalue weighted by atomic mass is 16.1. The quantitative estimate of drug-likeness (QED) is 0.534. The maximum atomic E-state index is 11.4. The largest absolute Gasteiger partial charge is 0.328 e. The first kappa shape index (κ1) is 10.4. The lowest BCUT2D eigenvalue weighted by atomic mass is 10.2. The minimum absolute atomic E-state index is 0.114. The summed E-state index contributed by atoms with van der Waals surface area (Å²) >= 11 is 0. The van der Waals surface area contributed by atoms with Crippen molar-refractivity contribution in [1.82, 2.24) is 10.3 Å². The van der Waals surface area contributed by atoms with E-state index in [4.69, 9.17) is 0 Å². The van der Waals surface area contributed by atoms with Gasteiger partial charge >= 0.3 is 0 Å². The predicted molar refractivity (Wildman–Crippen MR) is 54.5 cm³/mol. The van der Waals surface area contributed by atoms with Crippen LogP contribution in [0.4, 0.5) is 0 Å². The van der Waals surface area contributed by atoms with Crippen molar-refractivity contribution in [2.75, 3.05) is 13.6 Å². The van der Waals surface area contributed by atoms with Crippen LogP contribution in [0.5, 0.6) is 0 Å². The van der Waals surface area contributed by atoms with E-state index in [1.165, 1.54) is 24.4 Å².